The van der Waals surface area contributed by atoms with E-state index < -0.39 is 0 Å². The number of ketones is 1. The summed E-state index contributed by atoms with van der Waals surface area (Å²) in [5.41, 5.74) is 0.783. The highest BCUT2D eigenvalue weighted by atomic mass is 16.1. The predicted octanol–water partition coefficient (Wildman–Crippen LogP) is 1.28. The van der Waals surface area contributed by atoms with Crippen LogP contribution < -0.4 is 0 Å². The summed E-state index contributed by atoms with van der Waals surface area (Å²) in [6.45, 7) is 3.22. The minimum absolute atomic E-state index is 0.0151. The van der Waals surface area contributed by atoms with Gasteiger partial charge in [0.25, 0.3) is 0 Å². The molecule has 54 valence electrons. The Kier molecular flexibility index (Phi) is 4.12. The molecule has 0 spiro atoms. The van der Waals surface area contributed by atoms with Gasteiger partial charge in [0.15, 0.2) is 5.78 Å². The molecule has 0 aromatic heterocycles. The van der Waals surface area contributed by atoms with E-state index in [9.17, 15) is 9.59 Å². The lowest BCUT2D eigenvalue weighted by Gasteiger charge is -1.83. The van der Waals surface area contributed by atoms with Crippen molar-refractivity contribution in [1.29, 1.82) is 0 Å². The van der Waals surface area contributed by atoms with Gasteiger partial charge in [0, 0.05) is 0 Å². The van der Waals surface area contributed by atoms with Gasteiger partial charge in [-0.25, -0.2) is 0 Å². The molecule has 0 aromatic carbocycles. The first kappa shape index (κ1) is 8.82. The average molecular weight is 138 g/mol. The minimum Gasteiger partial charge on any atom is -0.299 e. The average Bonchev–Trinajstić information content (AvgIpc) is 1.85. The molecule has 0 bridgehead atoms. The highest BCUT2D eigenvalue weighted by Crippen LogP contribution is 1.92. The maximum atomic E-state index is 10.4. The second-order valence-corrected chi connectivity index (χ2v) is 1.99. The van der Waals surface area contributed by atoms with Gasteiger partial charge in [0.1, 0.15) is 6.29 Å². The molecule has 0 aliphatic heterocycles. The Morgan fingerprint density at radius 3 is 2.20 bits per heavy atom. The Hall–Kier alpha value is -1.18. The summed E-state index contributed by atoms with van der Waals surface area (Å²) < 4.78 is 0. The molecule has 0 heterocycles. The van der Waals surface area contributed by atoms with Crippen molar-refractivity contribution >= 4 is 12.1 Å². The summed E-state index contributed by atoms with van der Waals surface area (Å²) in [5.74, 6) is -0.0151. The largest absolute Gasteiger partial charge is 0.299 e. The smallest absolute Gasteiger partial charge is 0.152 e. The topological polar surface area (TPSA) is 34.1 Å². The van der Waals surface area contributed by atoms with Crippen molar-refractivity contribution in [1.82, 2.24) is 0 Å². The first-order valence-electron chi connectivity index (χ1n) is 2.97. The van der Waals surface area contributed by atoms with E-state index in [0.717, 1.165) is 5.57 Å². The quantitative estimate of drug-likeness (QED) is 0.334. The lowest BCUT2D eigenvalue weighted by molar-refractivity contribution is -0.112. The van der Waals surface area contributed by atoms with Crippen LogP contribution in [-0.2, 0) is 9.59 Å². The third-order valence-corrected chi connectivity index (χ3v) is 0.912. The van der Waals surface area contributed by atoms with E-state index in [4.69, 9.17) is 0 Å². The Balaban J connectivity index is 4.01. The number of aldehydes is 1. The number of carbonyl (C=O) groups is 2. The number of hydrogen-bond donors (Lipinski definition) is 0. The Morgan fingerprint density at radius 1 is 1.20 bits per heavy atom. The fourth-order valence-corrected chi connectivity index (χ4v) is 0.412. The molecule has 0 atom stereocenters. The molecule has 0 fully saturated rings. The summed E-state index contributed by atoms with van der Waals surface area (Å²) in [4.78, 5) is 20.2. The Morgan fingerprint density at radius 2 is 1.80 bits per heavy atom. The van der Waals surface area contributed by atoms with Crippen LogP contribution in [0.4, 0.5) is 0 Å². The van der Waals surface area contributed by atoms with Crippen LogP contribution >= 0.6 is 0 Å². The van der Waals surface area contributed by atoms with Crippen molar-refractivity contribution in [2.75, 3.05) is 0 Å². The summed E-state index contributed by atoms with van der Waals surface area (Å²) in [7, 11) is 0. The Bertz CT molecular complexity index is 187. The number of carbonyl (C=O) groups excluding carboxylic acids is 2. The molecule has 0 radical (unpaired) electrons. The van der Waals surface area contributed by atoms with Gasteiger partial charge in [-0.3, -0.25) is 9.59 Å². The van der Waals surface area contributed by atoms with Crippen molar-refractivity contribution in [3.63, 3.8) is 0 Å². The lowest BCUT2D eigenvalue weighted by atomic mass is 10.2. The molecule has 2 nitrogen and oxygen atoms in total. The van der Waals surface area contributed by atoms with Crippen LogP contribution in [0.3, 0.4) is 0 Å². The second kappa shape index (κ2) is 4.68. The van der Waals surface area contributed by atoms with Crippen LogP contribution in [0.2, 0.25) is 0 Å². The molecule has 0 N–H and O–H groups in total. The summed E-state index contributed by atoms with van der Waals surface area (Å²) in [6, 6.07) is 0. The van der Waals surface area contributed by atoms with Gasteiger partial charge in [-0.15, -0.1) is 0 Å². The molecule has 0 saturated carbocycles. The third kappa shape index (κ3) is 4.97. The maximum absolute atomic E-state index is 10.4. The summed E-state index contributed by atoms with van der Waals surface area (Å²) in [6.07, 6.45) is 5.13. The van der Waals surface area contributed by atoms with E-state index in [1.54, 1.807) is 13.0 Å². The van der Waals surface area contributed by atoms with Crippen molar-refractivity contribution in [3.05, 3.63) is 23.8 Å². The van der Waals surface area contributed by atoms with Gasteiger partial charge in [0.2, 0.25) is 0 Å². The second-order valence-electron chi connectivity index (χ2n) is 1.99. The molecule has 2 heteroatoms. The van der Waals surface area contributed by atoms with Crippen molar-refractivity contribution in [2.45, 2.75) is 13.8 Å². The zero-order chi connectivity index (χ0) is 7.98. The zero-order valence-electron chi connectivity index (χ0n) is 6.13. The van der Waals surface area contributed by atoms with Gasteiger partial charge in [-0.2, -0.15) is 0 Å². The standard InChI is InChI=1S/C8H10O2/c1-7(5-6-9)3-4-8(2)10/h3-6H,1-2H3/b4-3-,7-5-. The van der Waals surface area contributed by atoms with Crippen LogP contribution in [0, 0.1) is 0 Å². The number of allylic oxidation sites excluding steroid dienone is 4. The molecule has 0 aromatic rings. The zero-order valence-corrected chi connectivity index (χ0v) is 6.13. The molecule has 0 saturated heterocycles. The molecule has 0 unspecified atom stereocenters. The van der Waals surface area contributed by atoms with E-state index in [0.29, 0.717) is 6.29 Å². The predicted molar refractivity (Wildman–Crippen MR) is 39.6 cm³/mol. The molecular formula is C8H10O2. The summed E-state index contributed by atoms with van der Waals surface area (Å²) in [5, 5.41) is 0. The van der Waals surface area contributed by atoms with Crippen molar-refractivity contribution < 1.29 is 9.59 Å². The van der Waals surface area contributed by atoms with Gasteiger partial charge in [0.05, 0.1) is 0 Å². The SMILES string of the molecule is CC(=O)/C=C\C(C)=C/C=O. The summed E-state index contributed by atoms with van der Waals surface area (Å²) >= 11 is 0. The third-order valence-electron chi connectivity index (χ3n) is 0.912. The molecular weight excluding hydrogens is 128 g/mol. The van der Waals surface area contributed by atoms with Crippen LogP contribution in [0.1, 0.15) is 13.8 Å². The fourth-order valence-electron chi connectivity index (χ4n) is 0.412. The van der Waals surface area contributed by atoms with Crippen LogP contribution in [0.25, 0.3) is 0 Å². The molecule has 0 aliphatic rings. The fraction of sp³-hybridized carbons (Fsp3) is 0.250. The van der Waals surface area contributed by atoms with E-state index in [2.05, 4.69) is 0 Å². The Labute approximate surface area is 60.2 Å². The van der Waals surface area contributed by atoms with Gasteiger partial charge < -0.3 is 0 Å². The highest BCUT2D eigenvalue weighted by molar-refractivity contribution is 5.87. The maximum Gasteiger partial charge on any atom is 0.152 e. The number of hydrogen-bond acceptors (Lipinski definition) is 2. The lowest BCUT2D eigenvalue weighted by Crippen LogP contribution is -1.80. The van der Waals surface area contributed by atoms with Gasteiger partial charge in [-0.1, -0.05) is 6.08 Å². The van der Waals surface area contributed by atoms with E-state index in [1.165, 1.54) is 19.1 Å². The van der Waals surface area contributed by atoms with Crippen molar-refractivity contribution in [3.8, 4) is 0 Å². The van der Waals surface area contributed by atoms with Gasteiger partial charge in [-0.05, 0) is 31.6 Å². The van der Waals surface area contributed by atoms with E-state index in [-0.39, 0.29) is 5.78 Å². The van der Waals surface area contributed by atoms with Crippen LogP contribution in [0.5, 0.6) is 0 Å². The van der Waals surface area contributed by atoms with Crippen LogP contribution in [-0.4, -0.2) is 12.1 Å². The van der Waals surface area contributed by atoms with Gasteiger partial charge >= 0.3 is 0 Å². The normalized spacial score (nSPS) is 12.0. The van der Waals surface area contributed by atoms with Crippen LogP contribution in [0.15, 0.2) is 23.8 Å². The van der Waals surface area contributed by atoms with Crippen molar-refractivity contribution in [2.24, 2.45) is 0 Å². The molecule has 10 heavy (non-hydrogen) atoms. The monoisotopic (exact) mass is 138 g/mol. The molecule has 0 rings (SSSR count). The first-order valence-corrected chi connectivity index (χ1v) is 2.97. The van der Waals surface area contributed by atoms with E-state index >= 15 is 0 Å². The molecule has 0 amide bonds. The molecule has 0 aliphatic carbocycles. The highest BCUT2D eigenvalue weighted by Gasteiger charge is 1.82. The number of rotatable bonds is 3. The first-order chi connectivity index (χ1) is 4.66. The minimum atomic E-state index is -0.0151. The van der Waals surface area contributed by atoms with E-state index in [1.807, 2.05) is 0 Å².